The summed E-state index contributed by atoms with van der Waals surface area (Å²) in [6.45, 7) is 2.09. The summed E-state index contributed by atoms with van der Waals surface area (Å²) in [7, 11) is 4.80. The summed E-state index contributed by atoms with van der Waals surface area (Å²) in [5, 5.41) is 0. The van der Waals surface area contributed by atoms with Crippen LogP contribution in [0.3, 0.4) is 0 Å². The quantitative estimate of drug-likeness (QED) is 0.279. The number of benzene rings is 2. The van der Waals surface area contributed by atoms with Crippen molar-refractivity contribution in [3.63, 3.8) is 0 Å². The van der Waals surface area contributed by atoms with Gasteiger partial charge in [0.15, 0.2) is 0 Å². The van der Waals surface area contributed by atoms with Crippen LogP contribution in [-0.2, 0) is 20.8 Å². The lowest BCUT2D eigenvalue weighted by atomic mass is 10.2. The number of aryl methyl sites for hydroxylation is 1. The van der Waals surface area contributed by atoms with Gasteiger partial charge in [0, 0.05) is 38.3 Å². The van der Waals surface area contributed by atoms with Crippen molar-refractivity contribution in [3.05, 3.63) is 42.5 Å². The molecule has 0 unspecified atom stereocenters. The first kappa shape index (κ1) is 23.6. The summed E-state index contributed by atoms with van der Waals surface area (Å²) in [5.41, 5.74) is 3.00. The number of nitrogens with zero attached hydrogens (tertiary/aromatic N) is 2. The number of carbonyl (C=O) groups is 1. The molecule has 0 aliphatic heterocycles. The molecule has 0 fully saturated rings. The number of rotatable bonds is 13. The normalized spacial score (nSPS) is 11.0. The lowest BCUT2D eigenvalue weighted by Crippen LogP contribution is -2.04. The monoisotopic (exact) mass is 440 g/mol. The van der Waals surface area contributed by atoms with Gasteiger partial charge >= 0.3 is 5.97 Å². The van der Waals surface area contributed by atoms with Crippen molar-refractivity contribution in [3.8, 4) is 22.9 Å². The van der Waals surface area contributed by atoms with E-state index in [1.54, 1.807) is 14.2 Å². The maximum Gasteiger partial charge on any atom is 0.305 e. The number of hydrogen-bond acceptors (Lipinski definition) is 6. The SMILES string of the molecule is COCCCn1c(-c2ccc(OC)cc2)nc2ccc(OCCCCCC(=O)OC)cc21. The minimum absolute atomic E-state index is 0.161. The van der Waals surface area contributed by atoms with Crippen molar-refractivity contribution in [1.82, 2.24) is 9.55 Å². The topological polar surface area (TPSA) is 71.8 Å². The summed E-state index contributed by atoms with van der Waals surface area (Å²) < 4.78 is 23.4. The number of esters is 1. The van der Waals surface area contributed by atoms with Gasteiger partial charge in [0.2, 0.25) is 0 Å². The van der Waals surface area contributed by atoms with E-state index in [-0.39, 0.29) is 5.97 Å². The first-order chi connectivity index (χ1) is 15.7. The maximum atomic E-state index is 11.2. The van der Waals surface area contributed by atoms with Gasteiger partial charge in [0.1, 0.15) is 17.3 Å². The Bertz CT molecular complexity index is 997. The number of imidazole rings is 1. The fraction of sp³-hybridized carbons (Fsp3) is 0.440. The second-order valence-corrected chi connectivity index (χ2v) is 7.55. The lowest BCUT2D eigenvalue weighted by Gasteiger charge is -2.11. The molecular weight excluding hydrogens is 408 g/mol. The van der Waals surface area contributed by atoms with E-state index >= 15 is 0 Å². The highest BCUT2D eigenvalue weighted by molar-refractivity contribution is 5.82. The molecule has 0 saturated heterocycles. The largest absolute Gasteiger partial charge is 0.497 e. The molecule has 1 aromatic heterocycles. The van der Waals surface area contributed by atoms with E-state index in [1.807, 2.05) is 36.4 Å². The van der Waals surface area contributed by atoms with Crippen LogP contribution in [0.1, 0.15) is 32.1 Å². The molecule has 32 heavy (non-hydrogen) atoms. The summed E-state index contributed by atoms with van der Waals surface area (Å²) in [6, 6.07) is 14.0. The van der Waals surface area contributed by atoms with Gasteiger partial charge in [-0.25, -0.2) is 4.98 Å². The summed E-state index contributed by atoms with van der Waals surface area (Å²) in [5.74, 6) is 2.39. The second-order valence-electron chi connectivity index (χ2n) is 7.55. The molecule has 1 heterocycles. The number of unbranched alkanes of at least 4 members (excludes halogenated alkanes) is 2. The van der Waals surface area contributed by atoms with Crippen LogP contribution in [-0.4, -0.2) is 50.1 Å². The van der Waals surface area contributed by atoms with Crippen LogP contribution in [0.25, 0.3) is 22.4 Å². The van der Waals surface area contributed by atoms with Crippen molar-refractivity contribution in [2.24, 2.45) is 0 Å². The lowest BCUT2D eigenvalue weighted by molar-refractivity contribution is -0.140. The number of fused-ring (bicyclic) bond motifs is 1. The van der Waals surface area contributed by atoms with Gasteiger partial charge in [-0.3, -0.25) is 4.79 Å². The molecule has 3 rings (SSSR count). The predicted octanol–water partition coefficient (Wildman–Crippen LogP) is 4.86. The fourth-order valence-electron chi connectivity index (χ4n) is 3.59. The van der Waals surface area contributed by atoms with Crippen LogP contribution in [0.5, 0.6) is 11.5 Å². The number of hydrogen-bond donors (Lipinski definition) is 0. The molecule has 0 amide bonds. The van der Waals surface area contributed by atoms with Crippen molar-refractivity contribution in [2.75, 3.05) is 34.5 Å². The molecule has 0 atom stereocenters. The molecule has 0 aliphatic carbocycles. The zero-order valence-corrected chi connectivity index (χ0v) is 19.1. The highest BCUT2D eigenvalue weighted by atomic mass is 16.5. The highest BCUT2D eigenvalue weighted by Crippen LogP contribution is 2.29. The Kier molecular flexibility index (Phi) is 8.92. The summed E-state index contributed by atoms with van der Waals surface area (Å²) >= 11 is 0. The minimum atomic E-state index is -0.161. The Labute approximate surface area is 189 Å². The van der Waals surface area contributed by atoms with Gasteiger partial charge in [-0.2, -0.15) is 0 Å². The average molecular weight is 441 g/mol. The van der Waals surface area contributed by atoms with Crippen molar-refractivity contribution < 1.29 is 23.7 Å². The van der Waals surface area contributed by atoms with Crippen LogP contribution >= 0.6 is 0 Å². The van der Waals surface area contributed by atoms with Gasteiger partial charge < -0.3 is 23.5 Å². The molecule has 172 valence electrons. The Hall–Kier alpha value is -3.06. The zero-order valence-electron chi connectivity index (χ0n) is 19.1. The van der Waals surface area contributed by atoms with Crippen LogP contribution < -0.4 is 9.47 Å². The molecule has 0 spiro atoms. The fourth-order valence-corrected chi connectivity index (χ4v) is 3.59. The van der Waals surface area contributed by atoms with Gasteiger partial charge in [-0.05, 0) is 62.1 Å². The third-order valence-electron chi connectivity index (χ3n) is 5.32. The number of aromatic nitrogens is 2. The van der Waals surface area contributed by atoms with Crippen molar-refractivity contribution in [2.45, 2.75) is 38.6 Å². The van der Waals surface area contributed by atoms with Crippen LogP contribution in [0.4, 0.5) is 0 Å². The third kappa shape index (κ3) is 6.23. The predicted molar refractivity (Wildman–Crippen MR) is 124 cm³/mol. The molecule has 7 nitrogen and oxygen atoms in total. The van der Waals surface area contributed by atoms with E-state index in [9.17, 15) is 4.79 Å². The Morgan fingerprint density at radius 3 is 2.41 bits per heavy atom. The van der Waals surface area contributed by atoms with Crippen LogP contribution in [0, 0.1) is 0 Å². The average Bonchev–Trinajstić information content (AvgIpc) is 3.19. The van der Waals surface area contributed by atoms with E-state index in [2.05, 4.69) is 15.4 Å². The van der Waals surface area contributed by atoms with Crippen molar-refractivity contribution in [1.29, 1.82) is 0 Å². The molecule has 7 heteroatoms. The van der Waals surface area contributed by atoms with E-state index in [1.165, 1.54) is 7.11 Å². The Balaban J connectivity index is 1.74. The van der Waals surface area contributed by atoms with E-state index in [4.69, 9.17) is 19.2 Å². The number of methoxy groups -OCH3 is 3. The molecule has 0 radical (unpaired) electrons. The van der Waals surface area contributed by atoms with Crippen LogP contribution in [0.2, 0.25) is 0 Å². The second kappa shape index (κ2) is 12.1. The molecule has 3 aromatic rings. The smallest absolute Gasteiger partial charge is 0.305 e. The first-order valence-corrected chi connectivity index (χ1v) is 11.0. The molecule has 0 saturated carbocycles. The molecular formula is C25H32N2O5. The van der Waals surface area contributed by atoms with Gasteiger partial charge in [-0.15, -0.1) is 0 Å². The minimum Gasteiger partial charge on any atom is -0.497 e. The number of carbonyl (C=O) groups excluding carboxylic acids is 1. The van der Waals surface area contributed by atoms with Gasteiger partial charge in [-0.1, -0.05) is 0 Å². The Morgan fingerprint density at radius 2 is 1.69 bits per heavy atom. The van der Waals surface area contributed by atoms with Crippen molar-refractivity contribution >= 4 is 17.0 Å². The van der Waals surface area contributed by atoms with E-state index in [0.717, 1.165) is 66.1 Å². The molecule has 0 N–H and O–H groups in total. The molecule has 0 bridgehead atoms. The highest BCUT2D eigenvalue weighted by Gasteiger charge is 2.14. The number of ether oxygens (including phenoxy) is 4. The van der Waals surface area contributed by atoms with E-state index < -0.39 is 0 Å². The summed E-state index contributed by atoms with van der Waals surface area (Å²) in [6.07, 6.45) is 3.97. The maximum absolute atomic E-state index is 11.2. The first-order valence-electron chi connectivity index (χ1n) is 11.0. The summed E-state index contributed by atoms with van der Waals surface area (Å²) in [4.78, 5) is 16.1. The zero-order chi connectivity index (χ0) is 22.8. The molecule has 0 aliphatic rings. The van der Waals surface area contributed by atoms with Gasteiger partial charge in [0.25, 0.3) is 0 Å². The Morgan fingerprint density at radius 1 is 0.906 bits per heavy atom. The van der Waals surface area contributed by atoms with E-state index in [0.29, 0.717) is 19.6 Å². The molecule has 2 aromatic carbocycles. The van der Waals surface area contributed by atoms with Gasteiger partial charge in [0.05, 0.1) is 31.9 Å². The third-order valence-corrected chi connectivity index (χ3v) is 5.32. The standard InChI is InChI=1S/C25H32N2O5/c1-29-16-7-15-27-23-18-21(32-17-6-4-5-8-24(28)31-3)13-14-22(23)26-25(27)19-9-11-20(30-2)12-10-19/h9-14,18H,4-8,15-17H2,1-3H3. The van der Waals surface area contributed by atoms with Crippen LogP contribution in [0.15, 0.2) is 42.5 Å².